The number of pyridine rings is 1. The van der Waals surface area contributed by atoms with E-state index in [1.165, 1.54) is 30.5 Å². The first-order chi connectivity index (χ1) is 15.4. The highest BCUT2D eigenvalue weighted by molar-refractivity contribution is 6.35. The van der Waals surface area contributed by atoms with Gasteiger partial charge in [0.1, 0.15) is 5.75 Å². The highest BCUT2D eigenvalue weighted by Gasteiger charge is 2.25. The maximum Gasteiger partial charge on any atom is 0.388 e. The van der Waals surface area contributed by atoms with E-state index in [0.29, 0.717) is 28.9 Å². The minimum Gasteiger partial charge on any atom is -0.507 e. The standard InChI is InChI=1S/C24H20ClF2N3O2/c1-13-18(23(32-24(26)27)29-22-19(25)8-9-20(31)21(13)22)10-14-2-6-17(7-3-14)30-12-16(11-28-30)15-4-5-15/h2-3,6-9,11-12,15,24,31H,4-5,10H2,1H3. The molecule has 5 rings (SSSR count). The second kappa shape index (κ2) is 8.06. The molecule has 4 aromatic rings. The molecule has 5 nitrogen and oxygen atoms in total. The Bertz CT molecular complexity index is 1300. The van der Waals surface area contributed by atoms with Crippen molar-refractivity contribution < 1.29 is 18.6 Å². The van der Waals surface area contributed by atoms with Gasteiger partial charge < -0.3 is 9.84 Å². The van der Waals surface area contributed by atoms with E-state index in [2.05, 4.69) is 10.1 Å². The maximum absolute atomic E-state index is 13.1. The fraction of sp³-hybridized carbons (Fsp3) is 0.250. The van der Waals surface area contributed by atoms with E-state index in [0.717, 1.165) is 11.3 Å². The van der Waals surface area contributed by atoms with E-state index in [1.54, 1.807) is 6.92 Å². The Morgan fingerprint density at radius 1 is 1.19 bits per heavy atom. The predicted octanol–water partition coefficient (Wildman–Crippen LogP) is 6.16. The highest BCUT2D eigenvalue weighted by atomic mass is 35.5. The van der Waals surface area contributed by atoms with Crippen molar-refractivity contribution in [2.45, 2.75) is 38.7 Å². The van der Waals surface area contributed by atoms with Crippen LogP contribution in [0, 0.1) is 6.92 Å². The molecule has 1 fully saturated rings. The largest absolute Gasteiger partial charge is 0.507 e. The van der Waals surface area contributed by atoms with Crippen molar-refractivity contribution in [3.05, 3.63) is 76.1 Å². The predicted molar refractivity (Wildman–Crippen MR) is 118 cm³/mol. The van der Waals surface area contributed by atoms with Crippen molar-refractivity contribution in [2.75, 3.05) is 0 Å². The Morgan fingerprint density at radius 2 is 1.94 bits per heavy atom. The number of hydrogen-bond acceptors (Lipinski definition) is 4. The summed E-state index contributed by atoms with van der Waals surface area (Å²) in [6.45, 7) is -1.29. The van der Waals surface area contributed by atoms with Crippen molar-refractivity contribution in [3.63, 3.8) is 0 Å². The molecule has 2 aromatic heterocycles. The first kappa shape index (κ1) is 20.7. The smallest absolute Gasteiger partial charge is 0.388 e. The Hall–Kier alpha value is -3.19. The molecular formula is C24H20ClF2N3O2. The SMILES string of the molecule is Cc1c(Cc2ccc(-n3cc(C4CC4)cn3)cc2)c(OC(F)F)nc2c(Cl)ccc(O)c12. The van der Waals surface area contributed by atoms with Crippen LogP contribution in [0.15, 0.2) is 48.8 Å². The van der Waals surface area contributed by atoms with Crippen molar-refractivity contribution >= 4 is 22.5 Å². The number of halogens is 3. The van der Waals surface area contributed by atoms with Crippen LogP contribution in [0.1, 0.15) is 41.0 Å². The van der Waals surface area contributed by atoms with Crippen LogP contribution in [0.4, 0.5) is 8.78 Å². The second-order valence-corrected chi connectivity index (χ2v) is 8.43. The summed E-state index contributed by atoms with van der Waals surface area (Å²) in [5.41, 5.74) is 4.34. The molecule has 32 heavy (non-hydrogen) atoms. The molecule has 1 aliphatic carbocycles. The molecule has 164 valence electrons. The third kappa shape index (κ3) is 3.88. The number of alkyl halides is 2. The quantitative estimate of drug-likeness (QED) is 0.378. The zero-order valence-electron chi connectivity index (χ0n) is 17.2. The number of fused-ring (bicyclic) bond motifs is 1. The van der Waals surface area contributed by atoms with Crippen LogP contribution in [0.2, 0.25) is 5.02 Å². The molecule has 0 radical (unpaired) electrons. The minimum absolute atomic E-state index is 0.0141. The van der Waals surface area contributed by atoms with E-state index < -0.39 is 6.61 Å². The Balaban J connectivity index is 1.50. The van der Waals surface area contributed by atoms with Crippen molar-refractivity contribution in [2.24, 2.45) is 0 Å². The number of nitrogens with zero attached hydrogens (tertiary/aromatic N) is 3. The minimum atomic E-state index is -3.03. The van der Waals surface area contributed by atoms with Gasteiger partial charge in [-0.15, -0.1) is 0 Å². The number of ether oxygens (including phenoxy) is 1. The summed E-state index contributed by atoms with van der Waals surface area (Å²) in [4.78, 5) is 4.21. The molecule has 1 saturated carbocycles. The highest BCUT2D eigenvalue weighted by Crippen LogP contribution is 2.40. The average Bonchev–Trinajstić information content (AvgIpc) is 3.50. The number of aryl methyl sites for hydroxylation is 1. The second-order valence-electron chi connectivity index (χ2n) is 8.02. The van der Waals surface area contributed by atoms with Crippen LogP contribution in [0.5, 0.6) is 11.6 Å². The molecule has 0 atom stereocenters. The van der Waals surface area contributed by atoms with Gasteiger partial charge >= 0.3 is 6.61 Å². The number of rotatable bonds is 6. The molecule has 1 aliphatic rings. The van der Waals surface area contributed by atoms with Gasteiger partial charge in [0, 0.05) is 23.6 Å². The van der Waals surface area contributed by atoms with Gasteiger partial charge in [-0.05, 0) is 66.6 Å². The number of aromatic nitrogens is 3. The van der Waals surface area contributed by atoms with Crippen LogP contribution in [-0.2, 0) is 6.42 Å². The third-order valence-electron chi connectivity index (χ3n) is 5.84. The first-order valence-corrected chi connectivity index (χ1v) is 10.7. The number of phenols is 1. The summed E-state index contributed by atoms with van der Waals surface area (Å²) in [6, 6.07) is 10.6. The summed E-state index contributed by atoms with van der Waals surface area (Å²) >= 11 is 6.20. The molecule has 0 spiro atoms. The number of benzene rings is 2. The molecule has 0 amide bonds. The van der Waals surface area contributed by atoms with E-state index in [9.17, 15) is 13.9 Å². The number of hydrogen-bond donors (Lipinski definition) is 1. The third-order valence-corrected chi connectivity index (χ3v) is 6.14. The monoisotopic (exact) mass is 455 g/mol. The molecular weight excluding hydrogens is 436 g/mol. The van der Waals surface area contributed by atoms with Gasteiger partial charge in [0.15, 0.2) is 0 Å². The topological polar surface area (TPSA) is 60.2 Å². The molecule has 2 aromatic carbocycles. The lowest BCUT2D eigenvalue weighted by atomic mass is 9.97. The van der Waals surface area contributed by atoms with Gasteiger partial charge in [-0.3, -0.25) is 0 Å². The lowest BCUT2D eigenvalue weighted by molar-refractivity contribution is -0.0532. The van der Waals surface area contributed by atoms with Gasteiger partial charge in [-0.25, -0.2) is 9.67 Å². The van der Waals surface area contributed by atoms with Gasteiger partial charge in [-0.1, -0.05) is 23.7 Å². The lowest BCUT2D eigenvalue weighted by Crippen LogP contribution is -2.09. The van der Waals surface area contributed by atoms with Gasteiger partial charge in [0.05, 0.1) is 22.4 Å². The van der Waals surface area contributed by atoms with Crippen LogP contribution >= 0.6 is 11.6 Å². The molecule has 0 saturated heterocycles. The average molecular weight is 456 g/mol. The molecule has 2 heterocycles. The number of phenolic OH excluding ortho intramolecular Hbond substituents is 1. The Labute approximate surface area is 188 Å². The molecule has 0 bridgehead atoms. The van der Waals surface area contributed by atoms with Gasteiger partial charge in [0.25, 0.3) is 0 Å². The fourth-order valence-corrected chi connectivity index (χ4v) is 4.18. The van der Waals surface area contributed by atoms with Gasteiger partial charge in [0.2, 0.25) is 5.88 Å². The zero-order valence-corrected chi connectivity index (χ0v) is 18.0. The van der Waals surface area contributed by atoms with E-state index >= 15 is 0 Å². The van der Waals surface area contributed by atoms with Crippen LogP contribution in [-0.4, -0.2) is 26.5 Å². The van der Waals surface area contributed by atoms with E-state index in [4.69, 9.17) is 16.3 Å². The van der Waals surface area contributed by atoms with Crippen molar-refractivity contribution in [3.8, 4) is 17.3 Å². The molecule has 8 heteroatoms. The summed E-state index contributed by atoms with van der Waals surface area (Å²) in [5, 5.41) is 15.5. The summed E-state index contributed by atoms with van der Waals surface area (Å²) in [7, 11) is 0. The van der Waals surface area contributed by atoms with Gasteiger partial charge in [-0.2, -0.15) is 13.9 Å². The molecule has 0 unspecified atom stereocenters. The summed E-state index contributed by atoms with van der Waals surface area (Å²) in [6.07, 6.45) is 6.68. The number of aromatic hydroxyl groups is 1. The van der Waals surface area contributed by atoms with E-state index in [-0.39, 0.29) is 22.2 Å². The normalized spacial score (nSPS) is 13.8. The fourth-order valence-electron chi connectivity index (χ4n) is 3.98. The Kier molecular flexibility index (Phi) is 5.21. The zero-order chi connectivity index (χ0) is 22.4. The van der Waals surface area contributed by atoms with Crippen LogP contribution < -0.4 is 4.74 Å². The first-order valence-electron chi connectivity index (χ1n) is 10.3. The summed E-state index contributed by atoms with van der Waals surface area (Å²) < 4.78 is 32.8. The van der Waals surface area contributed by atoms with E-state index in [1.807, 2.05) is 41.3 Å². The molecule has 0 aliphatic heterocycles. The molecule has 1 N–H and O–H groups in total. The van der Waals surface area contributed by atoms with Crippen molar-refractivity contribution in [1.82, 2.24) is 14.8 Å². The maximum atomic E-state index is 13.1. The van der Waals surface area contributed by atoms with Crippen molar-refractivity contribution in [1.29, 1.82) is 0 Å². The van der Waals surface area contributed by atoms with Crippen LogP contribution in [0.25, 0.3) is 16.6 Å². The lowest BCUT2D eigenvalue weighted by Gasteiger charge is -2.16. The van der Waals surface area contributed by atoms with Crippen LogP contribution in [0.3, 0.4) is 0 Å². The Morgan fingerprint density at radius 3 is 2.62 bits per heavy atom. The summed E-state index contributed by atoms with van der Waals surface area (Å²) in [5.74, 6) is 0.423.